The smallest absolute Gasteiger partial charge is 0.0552 e. The van der Waals surface area contributed by atoms with Gasteiger partial charge in [0.05, 0.1) is 6.10 Å². The summed E-state index contributed by atoms with van der Waals surface area (Å²) in [5.74, 6) is 0. The van der Waals surface area contributed by atoms with E-state index in [1.54, 1.807) is 13.0 Å². The van der Waals surface area contributed by atoms with Crippen molar-refractivity contribution in [2.24, 2.45) is 0 Å². The minimum atomic E-state index is -0.255. The molecule has 0 rings (SSSR count). The lowest BCUT2D eigenvalue weighted by molar-refractivity contribution is 0.198. The number of aliphatic hydroxyl groups is 1. The highest BCUT2D eigenvalue weighted by atomic mass is 16.3. The first-order valence-corrected chi connectivity index (χ1v) is 2.29. The molecule has 0 aliphatic carbocycles. The lowest BCUT2D eigenvalue weighted by Crippen LogP contribution is -1.94. The van der Waals surface area contributed by atoms with E-state index in [0.29, 0.717) is 6.42 Å². The molecule has 1 heteroatoms. The zero-order valence-corrected chi connectivity index (χ0v) is 4.52. The lowest BCUT2D eigenvalue weighted by Gasteiger charge is -1.92. The molecule has 7 heavy (non-hydrogen) atoms. The quantitative estimate of drug-likeness (QED) is 0.513. The van der Waals surface area contributed by atoms with Gasteiger partial charge in [-0.1, -0.05) is 6.58 Å². The average molecular weight is 98.1 g/mol. The van der Waals surface area contributed by atoms with E-state index in [2.05, 4.69) is 12.3 Å². The third-order valence-corrected chi connectivity index (χ3v) is 0.603. The van der Waals surface area contributed by atoms with Crippen LogP contribution >= 0.6 is 0 Å². The zero-order chi connectivity index (χ0) is 5.70. The number of rotatable bonds is 2. The van der Waals surface area contributed by atoms with Crippen LogP contribution in [0.4, 0.5) is 0 Å². The maximum absolute atomic E-state index is 8.58. The van der Waals surface area contributed by atoms with E-state index in [0.717, 1.165) is 0 Å². The Hall–Kier alpha value is -0.520. The molecule has 0 saturated heterocycles. The Morgan fingerprint density at radius 2 is 2.57 bits per heavy atom. The third kappa shape index (κ3) is 5.48. The predicted molar refractivity (Wildman–Crippen MR) is 30.0 cm³/mol. The monoisotopic (exact) mass is 98.1 g/mol. The fraction of sp³-hybridized carbons (Fsp3) is 0.500. The van der Waals surface area contributed by atoms with E-state index in [1.165, 1.54) is 0 Å². The van der Waals surface area contributed by atoms with Crippen LogP contribution in [0.2, 0.25) is 0 Å². The van der Waals surface area contributed by atoms with Gasteiger partial charge in [0.15, 0.2) is 0 Å². The fourth-order valence-corrected chi connectivity index (χ4v) is 0.254. The normalized spacial score (nSPS) is 12.3. The molecule has 0 radical (unpaired) electrons. The highest BCUT2D eigenvalue weighted by Crippen LogP contribution is 1.87. The Bertz CT molecular complexity index is 78.2. The van der Waals surface area contributed by atoms with Gasteiger partial charge in [-0.3, -0.25) is 0 Å². The summed E-state index contributed by atoms with van der Waals surface area (Å²) in [5.41, 5.74) is 2.56. The van der Waals surface area contributed by atoms with Crippen LogP contribution in [0.25, 0.3) is 0 Å². The largest absolute Gasteiger partial charge is 0.393 e. The predicted octanol–water partition coefficient (Wildman–Crippen LogP) is 1.10. The van der Waals surface area contributed by atoms with Crippen molar-refractivity contribution in [2.45, 2.75) is 19.4 Å². The minimum Gasteiger partial charge on any atom is -0.393 e. The molecule has 0 aliphatic heterocycles. The van der Waals surface area contributed by atoms with E-state index in [1.807, 2.05) is 0 Å². The molecule has 0 saturated carbocycles. The van der Waals surface area contributed by atoms with Gasteiger partial charge in [-0.05, 0) is 19.4 Å². The van der Waals surface area contributed by atoms with Gasteiger partial charge in [0, 0.05) is 0 Å². The SMILES string of the molecule is C=C=CCC(C)O. The molecule has 0 bridgehead atoms. The molecule has 0 spiro atoms. The molecule has 0 aromatic heterocycles. The van der Waals surface area contributed by atoms with Gasteiger partial charge in [-0.15, -0.1) is 5.73 Å². The molecule has 0 aromatic rings. The van der Waals surface area contributed by atoms with E-state index < -0.39 is 0 Å². The van der Waals surface area contributed by atoms with Gasteiger partial charge in [0.2, 0.25) is 0 Å². The fourth-order valence-electron chi connectivity index (χ4n) is 0.254. The summed E-state index contributed by atoms with van der Waals surface area (Å²) in [7, 11) is 0. The maximum Gasteiger partial charge on any atom is 0.0552 e. The van der Waals surface area contributed by atoms with Gasteiger partial charge < -0.3 is 5.11 Å². The van der Waals surface area contributed by atoms with Crippen LogP contribution in [0.15, 0.2) is 18.4 Å². The molecule has 0 amide bonds. The van der Waals surface area contributed by atoms with Crippen LogP contribution in [0.5, 0.6) is 0 Å². The molecule has 40 valence electrons. The first-order valence-electron chi connectivity index (χ1n) is 2.29. The molecule has 0 aromatic carbocycles. The molecular weight excluding hydrogens is 88.1 g/mol. The van der Waals surface area contributed by atoms with Gasteiger partial charge in [-0.2, -0.15) is 0 Å². The lowest BCUT2D eigenvalue weighted by atomic mass is 10.3. The first kappa shape index (κ1) is 6.48. The second-order valence-electron chi connectivity index (χ2n) is 1.49. The van der Waals surface area contributed by atoms with Crippen LogP contribution in [-0.4, -0.2) is 11.2 Å². The van der Waals surface area contributed by atoms with Crippen LogP contribution in [0, 0.1) is 0 Å². The Balaban J connectivity index is 3.13. The van der Waals surface area contributed by atoms with Crippen molar-refractivity contribution in [2.75, 3.05) is 0 Å². The molecular formula is C6H10O. The third-order valence-electron chi connectivity index (χ3n) is 0.603. The maximum atomic E-state index is 8.58. The van der Waals surface area contributed by atoms with Crippen molar-refractivity contribution < 1.29 is 5.11 Å². The number of hydrogen-bond donors (Lipinski definition) is 1. The first-order chi connectivity index (χ1) is 3.27. The molecule has 0 fully saturated rings. The van der Waals surface area contributed by atoms with Gasteiger partial charge in [0.25, 0.3) is 0 Å². The summed E-state index contributed by atoms with van der Waals surface area (Å²) in [6.07, 6.45) is 2.11. The Morgan fingerprint density at radius 3 is 2.71 bits per heavy atom. The van der Waals surface area contributed by atoms with Crippen molar-refractivity contribution in [3.63, 3.8) is 0 Å². The van der Waals surface area contributed by atoms with Crippen molar-refractivity contribution in [1.29, 1.82) is 0 Å². The number of aliphatic hydroxyl groups excluding tert-OH is 1. The van der Waals surface area contributed by atoms with Crippen LogP contribution in [-0.2, 0) is 0 Å². The Labute approximate surface area is 44.0 Å². The van der Waals surface area contributed by atoms with Crippen molar-refractivity contribution in [3.05, 3.63) is 18.4 Å². The Kier molecular flexibility index (Phi) is 3.39. The highest BCUT2D eigenvalue weighted by molar-refractivity contribution is 4.77. The highest BCUT2D eigenvalue weighted by Gasteiger charge is 1.85. The molecule has 1 atom stereocenters. The van der Waals surface area contributed by atoms with Gasteiger partial charge >= 0.3 is 0 Å². The van der Waals surface area contributed by atoms with Crippen LogP contribution in [0.3, 0.4) is 0 Å². The molecule has 1 N–H and O–H groups in total. The summed E-state index contributed by atoms with van der Waals surface area (Å²) in [6.45, 7) is 5.07. The van der Waals surface area contributed by atoms with Crippen LogP contribution < -0.4 is 0 Å². The average Bonchev–Trinajstić information content (AvgIpc) is 1.61. The van der Waals surface area contributed by atoms with Gasteiger partial charge in [0.1, 0.15) is 0 Å². The minimum absolute atomic E-state index is 0.255. The summed E-state index contributed by atoms with van der Waals surface area (Å²) < 4.78 is 0. The molecule has 0 aliphatic rings. The topological polar surface area (TPSA) is 20.2 Å². The van der Waals surface area contributed by atoms with Crippen molar-refractivity contribution in [3.8, 4) is 0 Å². The van der Waals surface area contributed by atoms with E-state index in [9.17, 15) is 0 Å². The van der Waals surface area contributed by atoms with E-state index in [-0.39, 0.29) is 6.10 Å². The summed E-state index contributed by atoms with van der Waals surface area (Å²) in [4.78, 5) is 0. The van der Waals surface area contributed by atoms with Gasteiger partial charge in [-0.25, -0.2) is 0 Å². The Morgan fingerprint density at radius 1 is 2.00 bits per heavy atom. The summed E-state index contributed by atoms with van der Waals surface area (Å²) >= 11 is 0. The van der Waals surface area contributed by atoms with Crippen LogP contribution in [0.1, 0.15) is 13.3 Å². The van der Waals surface area contributed by atoms with E-state index >= 15 is 0 Å². The summed E-state index contributed by atoms with van der Waals surface area (Å²) in [6, 6.07) is 0. The van der Waals surface area contributed by atoms with Crippen molar-refractivity contribution in [1.82, 2.24) is 0 Å². The standard InChI is InChI=1S/C6H10O/c1-3-4-5-6(2)7/h4,6-7H,1,5H2,2H3. The number of hydrogen-bond acceptors (Lipinski definition) is 1. The molecule has 1 unspecified atom stereocenters. The zero-order valence-electron chi connectivity index (χ0n) is 4.52. The van der Waals surface area contributed by atoms with Crippen molar-refractivity contribution >= 4 is 0 Å². The molecule has 0 heterocycles. The second kappa shape index (κ2) is 3.66. The molecule has 1 nitrogen and oxygen atoms in total. The van der Waals surface area contributed by atoms with E-state index in [4.69, 9.17) is 5.11 Å². The second-order valence-corrected chi connectivity index (χ2v) is 1.49. The summed E-state index contributed by atoms with van der Waals surface area (Å²) in [5, 5.41) is 8.58.